The maximum absolute atomic E-state index is 11.9. The predicted molar refractivity (Wildman–Crippen MR) is 93.0 cm³/mol. The Bertz CT molecular complexity index is 788. The van der Waals surface area contributed by atoms with Crippen molar-refractivity contribution in [3.63, 3.8) is 0 Å². The molecule has 0 bridgehead atoms. The number of nitrogens with one attached hydrogen (secondary N) is 1. The maximum atomic E-state index is 11.9. The van der Waals surface area contributed by atoms with E-state index < -0.39 is 12.1 Å². The smallest absolute Gasteiger partial charge is 0.475 e. The number of amides is 1. The number of aromatic nitrogens is 3. The topological polar surface area (TPSA) is 123 Å². The SMILES string of the molecule is Cc1nn(C)cc1C(C)NC(=O)CCc1csc(N)n1.O=C(O)C(F)(F)F. The number of nitrogen functional groups attached to an aromatic ring is 1. The van der Waals surface area contributed by atoms with Gasteiger partial charge in [0, 0.05) is 30.6 Å². The van der Waals surface area contributed by atoms with Crippen LogP contribution in [0.5, 0.6) is 0 Å². The lowest BCUT2D eigenvalue weighted by molar-refractivity contribution is -0.192. The summed E-state index contributed by atoms with van der Waals surface area (Å²) < 4.78 is 33.5. The minimum Gasteiger partial charge on any atom is -0.475 e. The number of carbonyl (C=O) groups is 2. The zero-order valence-electron chi connectivity index (χ0n) is 14.9. The highest BCUT2D eigenvalue weighted by molar-refractivity contribution is 7.13. The number of carboxylic acids is 1. The molecule has 1 unspecified atom stereocenters. The number of thiazole rings is 1. The van der Waals surface area contributed by atoms with E-state index in [9.17, 15) is 18.0 Å². The minimum absolute atomic E-state index is 0.00678. The Kier molecular flexibility index (Phi) is 7.76. The van der Waals surface area contributed by atoms with Crippen LogP contribution >= 0.6 is 11.3 Å². The van der Waals surface area contributed by atoms with Crippen LogP contribution in [0, 0.1) is 6.92 Å². The average molecular weight is 407 g/mol. The van der Waals surface area contributed by atoms with E-state index in [2.05, 4.69) is 15.4 Å². The van der Waals surface area contributed by atoms with Gasteiger partial charge in [0.15, 0.2) is 5.13 Å². The van der Waals surface area contributed by atoms with Crippen LogP contribution in [-0.2, 0) is 23.1 Å². The second-order valence-electron chi connectivity index (χ2n) is 5.61. The lowest BCUT2D eigenvalue weighted by Gasteiger charge is -2.12. The van der Waals surface area contributed by atoms with Crippen molar-refractivity contribution in [2.45, 2.75) is 38.9 Å². The Morgan fingerprint density at radius 1 is 1.44 bits per heavy atom. The number of aliphatic carboxylic acids is 1. The Morgan fingerprint density at radius 3 is 2.44 bits per heavy atom. The third-order valence-corrected chi connectivity index (χ3v) is 4.04. The number of aryl methyl sites for hydroxylation is 3. The fourth-order valence-electron chi connectivity index (χ4n) is 2.11. The summed E-state index contributed by atoms with van der Waals surface area (Å²) in [7, 11) is 1.87. The van der Waals surface area contributed by atoms with E-state index in [1.54, 1.807) is 4.68 Å². The molecule has 0 aromatic carbocycles. The summed E-state index contributed by atoms with van der Waals surface area (Å²) in [5.74, 6) is -2.75. The quantitative estimate of drug-likeness (QED) is 0.698. The van der Waals surface area contributed by atoms with E-state index >= 15 is 0 Å². The molecule has 0 aliphatic carbocycles. The van der Waals surface area contributed by atoms with E-state index in [1.807, 2.05) is 32.5 Å². The van der Waals surface area contributed by atoms with Crippen molar-refractivity contribution in [2.24, 2.45) is 7.05 Å². The summed E-state index contributed by atoms with van der Waals surface area (Å²) >= 11 is 1.40. The Morgan fingerprint density at radius 2 is 2.04 bits per heavy atom. The van der Waals surface area contributed by atoms with Gasteiger partial charge in [0.2, 0.25) is 5.91 Å². The molecule has 0 spiro atoms. The third-order valence-electron chi connectivity index (χ3n) is 3.32. The number of nitrogens with two attached hydrogens (primary N) is 1. The van der Waals surface area contributed by atoms with Crippen LogP contribution in [0.4, 0.5) is 18.3 Å². The van der Waals surface area contributed by atoms with Gasteiger partial charge in [-0.3, -0.25) is 9.48 Å². The number of rotatable bonds is 5. The van der Waals surface area contributed by atoms with Crippen LogP contribution in [0.25, 0.3) is 0 Å². The molecule has 2 heterocycles. The summed E-state index contributed by atoms with van der Waals surface area (Å²) in [6.45, 7) is 3.90. The second-order valence-corrected chi connectivity index (χ2v) is 6.50. The second kappa shape index (κ2) is 9.35. The first kappa shape index (κ1) is 22.4. The van der Waals surface area contributed by atoms with Crippen molar-refractivity contribution in [1.82, 2.24) is 20.1 Å². The van der Waals surface area contributed by atoms with Gasteiger partial charge in [-0.15, -0.1) is 11.3 Å². The molecule has 2 aromatic heterocycles. The zero-order chi connectivity index (χ0) is 20.8. The summed E-state index contributed by atoms with van der Waals surface area (Å²) in [5.41, 5.74) is 8.40. The molecule has 8 nitrogen and oxygen atoms in total. The van der Waals surface area contributed by atoms with Gasteiger partial charge in [0.05, 0.1) is 17.4 Å². The van der Waals surface area contributed by atoms with Crippen LogP contribution in [0.1, 0.15) is 36.3 Å². The van der Waals surface area contributed by atoms with E-state index in [0.29, 0.717) is 18.0 Å². The molecule has 12 heteroatoms. The standard InChI is InChI=1S/C13H19N5OS.C2HF3O2/c1-8(11-6-18(3)17-9(11)2)15-12(19)5-4-10-7-20-13(14)16-10;3-2(4,5)1(6)7/h6-8H,4-5H2,1-3H3,(H2,14,16)(H,15,19);(H,6,7). The fourth-order valence-corrected chi connectivity index (χ4v) is 2.71. The molecular weight excluding hydrogens is 387 g/mol. The van der Waals surface area contributed by atoms with Crippen molar-refractivity contribution in [3.05, 3.63) is 28.5 Å². The zero-order valence-corrected chi connectivity index (χ0v) is 15.7. The number of hydrogen-bond acceptors (Lipinski definition) is 6. The highest BCUT2D eigenvalue weighted by atomic mass is 32.1. The molecule has 2 rings (SSSR count). The van der Waals surface area contributed by atoms with Gasteiger partial charge in [-0.1, -0.05) is 0 Å². The lowest BCUT2D eigenvalue weighted by atomic mass is 10.1. The molecule has 1 atom stereocenters. The van der Waals surface area contributed by atoms with Gasteiger partial charge in [-0.05, 0) is 20.3 Å². The summed E-state index contributed by atoms with van der Waals surface area (Å²) in [6, 6.07) is -0.0447. The molecule has 2 aromatic rings. The number of halogens is 3. The van der Waals surface area contributed by atoms with Crippen molar-refractivity contribution < 1.29 is 27.9 Å². The van der Waals surface area contributed by atoms with Gasteiger partial charge >= 0.3 is 12.1 Å². The predicted octanol–water partition coefficient (Wildman–Crippen LogP) is 2.21. The van der Waals surface area contributed by atoms with Crippen molar-refractivity contribution in [1.29, 1.82) is 0 Å². The molecule has 1 amide bonds. The molecule has 0 radical (unpaired) electrons. The van der Waals surface area contributed by atoms with Crippen LogP contribution < -0.4 is 11.1 Å². The van der Waals surface area contributed by atoms with Crippen LogP contribution in [-0.4, -0.2) is 37.9 Å². The van der Waals surface area contributed by atoms with Gasteiger partial charge in [0.1, 0.15) is 0 Å². The Labute approximate surface area is 157 Å². The fraction of sp³-hybridized carbons (Fsp3) is 0.467. The maximum Gasteiger partial charge on any atom is 0.490 e. The first-order valence-corrected chi connectivity index (χ1v) is 8.57. The monoisotopic (exact) mass is 407 g/mol. The summed E-state index contributed by atoms with van der Waals surface area (Å²) in [4.78, 5) is 25.0. The number of anilines is 1. The van der Waals surface area contributed by atoms with Gasteiger partial charge in [0.25, 0.3) is 0 Å². The van der Waals surface area contributed by atoms with Crippen LogP contribution in [0.2, 0.25) is 0 Å². The largest absolute Gasteiger partial charge is 0.490 e. The first-order chi connectivity index (χ1) is 12.4. The van der Waals surface area contributed by atoms with Gasteiger partial charge < -0.3 is 16.2 Å². The molecule has 0 aliphatic heterocycles. The van der Waals surface area contributed by atoms with E-state index in [1.165, 1.54) is 11.3 Å². The number of nitrogens with zero attached hydrogens (tertiary/aromatic N) is 3. The molecule has 0 saturated carbocycles. The molecule has 4 N–H and O–H groups in total. The van der Waals surface area contributed by atoms with Crippen LogP contribution in [0.3, 0.4) is 0 Å². The molecule has 0 fully saturated rings. The molecular formula is C15H20F3N5O3S. The normalized spacial score (nSPS) is 12.1. The molecule has 150 valence electrons. The van der Waals surface area contributed by atoms with E-state index in [-0.39, 0.29) is 11.9 Å². The van der Waals surface area contributed by atoms with Crippen LogP contribution in [0.15, 0.2) is 11.6 Å². The minimum atomic E-state index is -5.08. The highest BCUT2D eigenvalue weighted by Gasteiger charge is 2.38. The number of alkyl halides is 3. The first-order valence-electron chi connectivity index (χ1n) is 7.69. The average Bonchev–Trinajstić information content (AvgIpc) is 3.10. The van der Waals surface area contributed by atoms with Crippen molar-refractivity contribution >= 4 is 28.3 Å². The highest BCUT2D eigenvalue weighted by Crippen LogP contribution is 2.16. The Balaban J connectivity index is 0.000000445. The lowest BCUT2D eigenvalue weighted by Crippen LogP contribution is -2.27. The van der Waals surface area contributed by atoms with E-state index in [0.717, 1.165) is 17.0 Å². The number of hydrogen-bond donors (Lipinski definition) is 3. The van der Waals surface area contributed by atoms with Crippen molar-refractivity contribution in [2.75, 3.05) is 5.73 Å². The molecule has 27 heavy (non-hydrogen) atoms. The molecule has 0 saturated heterocycles. The number of carboxylic acid groups (broad SMARTS) is 1. The van der Waals surface area contributed by atoms with Crippen molar-refractivity contribution in [3.8, 4) is 0 Å². The van der Waals surface area contributed by atoms with Gasteiger partial charge in [-0.25, -0.2) is 9.78 Å². The summed E-state index contributed by atoms with van der Waals surface area (Å²) in [5, 5.41) is 16.8. The summed E-state index contributed by atoms with van der Waals surface area (Å²) in [6.07, 6.45) is -2.13. The number of carbonyl (C=O) groups excluding carboxylic acids is 1. The molecule has 0 aliphatic rings. The van der Waals surface area contributed by atoms with E-state index in [4.69, 9.17) is 15.6 Å². The third kappa shape index (κ3) is 7.64. The Hall–Kier alpha value is -2.63. The van der Waals surface area contributed by atoms with Gasteiger partial charge in [-0.2, -0.15) is 18.3 Å².